The fourth-order valence-corrected chi connectivity index (χ4v) is 3.09. The van der Waals surface area contributed by atoms with Crippen molar-refractivity contribution < 1.29 is 27.0 Å². The predicted molar refractivity (Wildman–Crippen MR) is 101 cm³/mol. The van der Waals surface area contributed by atoms with Crippen molar-refractivity contribution in [1.29, 1.82) is 0 Å². The molecule has 2 nitrogen and oxygen atoms in total. The van der Waals surface area contributed by atoms with E-state index in [1.54, 1.807) is 12.1 Å². The van der Waals surface area contributed by atoms with Crippen molar-refractivity contribution in [2.24, 2.45) is 0 Å². The molecular weight excluding hydrogens is 372 g/mol. The van der Waals surface area contributed by atoms with Gasteiger partial charge >= 0.3 is 6.29 Å². The van der Waals surface area contributed by atoms with E-state index in [9.17, 15) is 17.6 Å². The van der Waals surface area contributed by atoms with Crippen LogP contribution in [-0.4, -0.2) is 6.29 Å². The Morgan fingerprint density at radius 1 is 0.786 bits per heavy atom. The molecule has 0 unspecified atom stereocenters. The number of rotatable bonds is 8. The molecule has 0 bridgehead atoms. The lowest BCUT2D eigenvalue weighted by Crippen LogP contribution is -2.25. The molecule has 0 aliphatic carbocycles. The molecule has 3 rings (SSSR count). The fourth-order valence-electron chi connectivity index (χ4n) is 3.09. The van der Waals surface area contributed by atoms with Crippen molar-refractivity contribution in [2.75, 3.05) is 0 Å². The van der Waals surface area contributed by atoms with Gasteiger partial charge in [-0.3, -0.25) is 0 Å². The molecule has 0 atom stereocenters. The van der Waals surface area contributed by atoms with E-state index < -0.39 is 17.9 Å². The van der Waals surface area contributed by atoms with Crippen molar-refractivity contribution >= 4 is 11.7 Å². The molecule has 28 heavy (non-hydrogen) atoms. The first-order valence-electron chi connectivity index (χ1n) is 9.44. The van der Waals surface area contributed by atoms with E-state index in [4.69, 9.17) is 0 Å². The molecule has 0 radical (unpaired) electrons. The summed E-state index contributed by atoms with van der Waals surface area (Å²) in [6.45, 7) is 2.17. The topological polar surface area (TPSA) is 18.5 Å². The summed E-state index contributed by atoms with van der Waals surface area (Å²) in [5.41, 5.74) is 0.964. The van der Waals surface area contributed by atoms with Crippen LogP contribution in [0.25, 0.3) is 11.7 Å². The van der Waals surface area contributed by atoms with E-state index in [0.717, 1.165) is 37.0 Å². The van der Waals surface area contributed by atoms with Gasteiger partial charge in [-0.2, -0.15) is 0 Å². The van der Waals surface area contributed by atoms with Gasteiger partial charge in [-0.05, 0) is 36.6 Å². The number of unbranched alkanes of at least 4 members (excludes halogenated alkanes) is 4. The average Bonchev–Trinajstić information content (AvgIpc) is 3.00. The van der Waals surface area contributed by atoms with Gasteiger partial charge in [-0.1, -0.05) is 56.9 Å². The highest BCUT2D eigenvalue weighted by atomic mass is 19.3. The van der Waals surface area contributed by atoms with E-state index in [1.165, 1.54) is 37.5 Å². The van der Waals surface area contributed by atoms with Gasteiger partial charge in [-0.25, -0.2) is 8.78 Å². The second-order valence-corrected chi connectivity index (χ2v) is 6.82. The summed E-state index contributed by atoms with van der Waals surface area (Å²) in [5, 5.41) is 0. The summed E-state index contributed by atoms with van der Waals surface area (Å²) in [6.07, 6.45) is 2.94. The number of fused-ring (bicyclic) bond motifs is 1. The minimum absolute atomic E-state index is 0.0928. The molecule has 2 aromatic carbocycles. The van der Waals surface area contributed by atoms with Crippen LogP contribution in [0, 0.1) is 0 Å². The number of ether oxygens (including phenoxy) is 2. The zero-order valence-corrected chi connectivity index (χ0v) is 15.6. The highest BCUT2D eigenvalue weighted by Crippen LogP contribution is 2.43. The number of hydrogen-bond donors (Lipinski definition) is 0. The molecule has 150 valence electrons. The summed E-state index contributed by atoms with van der Waals surface area (Å²) in [4.78, 5) is 0. The van der Waals surface area contributed by atoms with Crippen molar-refractivity contribution in [1.82, 2.24) is 0 Å². The van der Waals surface area contributed by atoms with Crippen LogP contribution < -0.4 is 9.47 Å². The smallest absolute Gasteiger partial charge is 0.395 e. The first-order valence-corrected chi connectivity index (χ1v) is 9.44. The van der Waals surface area contributed by atoms with Crippen LogP contribution >= 0.6 is 0 Å². The normalized spacial score (nSPS) is 15.5. The molecular formula is C22H22F4O2. The third kappa shape index (κ3) is 4.86. The second-order valence-electron chi connectivity index (χ2n) is 6.82. The van der Waals surface area contributed by atoms with Crippen LogP contribution in [0.5, 0.6) is 11.5 Å². The van der Waals surface area contributed by atoms with Crippen LogP contribution in [0.2, 0.25) is 0 Å². The lowest BCUT2D eigenvalue weighted by atomic mass is 10.0. The highest BCUT2D eigenvalue weighted by molar-refractivity contribution is 5.83. The third-order valence-corrected chi connectivity index (χ3v) is 4.62. The van der Waals surface area contributed by atoms with Crippen LogP contribution in [-0.2, 0) is 6.42 Å². The maximum atomic E-state index is 14.5. The number of halogens is 4. The summed E-state index contributed by atoms with van der Waals surface area (Å²) in [7, 11) is 0. The molecule has 0 fully saturated rings. The fraction of sp³-hybridized carbons (Fsp3) is 0.364. The van der Waals surface area contributed by atoms with Crippen molar-refractivity contribution in [2.45, 2.75) is 51.7 Å². The molecule has 0 spiro atoms. The summed E-state index contributed by atoms with van der Waals surface area (Å²) < 4.78 is 63.7. The van der Waals surface area contributed by atoms with E-state index in [1.807, 2.05) is 0 Å². The zero-order valence-electron chi connectivity index (χ0n) is 15.6. The van der Waals surface area contributed by atoms with Gasteiger partial charge in [-0.15, -0.1) is 8.78 Å². The van der Waals surface area contributed by atoms with Gasteiger partial charge in [0.1, 0.15) is 0 Å². The number of alkyl halides is 2. The van der Waals surface area contributed by atoms with Crippen molar-refractivity contribution in [3.05, 3.63) is 59.2 Å². The number of hydrogen-bond acceptors (Lipinski definition) is 2. The number of benzene rings is 2. The molecule has 0 saturated carbocycles. The highest BCUT2D eigenvalue weighted by Gasteiger charge is 2.43. The molecule has 0 amide bonds. The van der Waals surface area contributed by atoms with Crippen LogP contribution in [0.4, 0.5) is 17.6 Å². The Labute approximate surface area is 161 Å². The molecule has 1 aliphatic heterocycles. The summed E-state index contributed by atoms with van der Waals surface area (Å²) >= 11 is 0. The standard InChI is InChI=1S/C22H22F4O2/c1-2-3-4-5-6-7-15-8-10-16(11-9-15)20(23)21(24)17-12-13-18-19(14-17)28-22(25,26)27-18/h8-14H,2-7H2,1H3/b21-20+. The van der Waals surface area contributed by atoms with Crippen molar-refractivity contribution in [3.63, 3.8) is 0 Å². The average molecular weight is 394 g/mol. The van der Waals surface area contributed by atoms with Gasteiger partial charge in [0.15, 0.2) is 23.2 Å². The molecule has 2 aromatic rings. The molecule has 0 N–H and O–H groups in total. The van der Waals surface area contributed by atoms with E-state index >= 15 is 0 Å². The second kappa shape index (κ2) is 8.67. The maximum Gasteiger partial charge on any atom is 0.586 e. The minimum atomic E-state index is -3.80. The largest absolute Gasteiger partial charge is 0.586 e. The summed E-state index contributed by atoms with van der Waals surface area (Å²) in [5.74, 6) is -2.75. The van der Waals surface area contributed by atoms with E-state index in [-0.39, 0.29) is 22.6 Å². The Bertz CT molecular complexity index is 844. The van der Waals surface area contributed by atoms with Gasteiger partial charge < -0.3 is 9.47 Å². The molecule has 0 saturated heterocycles. The monoisotopic (exact) mass is 394 g/mol. The molecule has 1 aliphatic rings. The Morgan fingerprint density at radius 2 is 1.39 bits per heavy atom. The lowest BCUT2D eigenvalue weighted by molar-refractivity contribution is -0.286. The van der Waals surface area contributed by atoms with Gasteiger partial charge in [0.2, 0.25) is 0 Å². The summed E-state index contributed by atoms with van der Waals surface area (Å²) in [6, 6.07) is 9.90. The first kappa shape index (κ1) is 20.2. The van der Waals surface area contributed by atoms with Gasteiger partial charge in [0, 0.05) is 11.1 Å². The van der Waals surface area contributed by atoms with E-state index in [0.29, 0.717) is 0 Å². The quantitative estimate of drug-likeness (QED) is 0.266. The predicted octanol–water partition coefficient (Wildman–Crippen LogP) is 7.29. The van der Waals surface area contributed by atoms with Crippen LogP contribution in [0.3, 0.4) is 0 Å². The SMILES string of the molecule is CCCCCCCc1ccc(/C(F)=C(\F)c2ccc3c(c2)OC(F)(F)O3)cc1. The van der Waals surface area contributed by atoms with Crippen molar-refractivity contribution in [3.8, 4) is 11.5 Å². The zero-order chi connectivity index (χ0) is 20.1. The Balaban J connectivity index is 1.69. The Hall–Kier alpha value is -2.50. The Kier molecular flexibility index (Phi) is 6.27. The molecule has 0 aromatic heterocycles. The third-order valence-electron chi connectivity index (χ3n) is 4.62. The first-order chi connectivity index (χ1) is 13.4. The van der Waals surface area contributed by atoms with E-state index in [2.05, 4.69) is 16.4 Å². The minimum Gasteiger partial charge on any atom is -0.395 e. The van der Waals surface area contributed by atoms with Gasteiger partial charge in [0.05, 0.1) is 0 Å². The van der Waals surface area contributed by atoms with Gasteiger partial charge in [0.25, 0.3) is 0 Å². The molecule has 6 heteroatoms. The number of aryl methyl sites for hydroxylation is 1. The van der Waals surface area contributed by atoms with Crippen LogP contribution in [0.1, 0.15) is 55.7 Å². The maximum absolute atomic E-state index is 14.5. The Morgan fingerprint density at radius 3 is 2.11 bits per heavy atom. The molecule has 1 heterocycles. The lowest BCUT2D eigenvalue weighted by Gasteiger charge is -2.06. The van der Waals surface area contributed by atoms with Crippen LogP contribution in [0.15, 0.2) is 42.5 Å².